The number of aryl methyl sites for hydroxylation is 1. The largest absolute Gasteiger partial charge is 0.488 e. The molecule has 138 valence electrons. The number of fused-ring (bicyclic) bond motifs is 1. The molecule has 1 aliphatic rings. The van der Waals surface area contributed by atoms with Gasteiger partial charge in [0.15, 0.2) is 11.6 Å². The SMILES string of the molecule is Cc1cccc(COc2ccc(C=C3C(=O)c4ccccc4C3=O)cc2Br)c1. The van der Waals surface area contributed by atoms with Crippen molar-refractivity contribution < 1.29 is 14.3 Å². The van der Waals surface area contributed by atoms with Crippen LogP contribution in [-0.4, -0.2) is 11.6 Å². The van der Waals surface area contributed by atoms with Crippen molar-refractivity contribution in [3.05, 3.63) is 105 Å². The van der Waals surface area contributed by atoms with Gasteiger partial charge in [0.1, 0.15) is 12.4 Å². The second-order valence-electron chi connectivity index (χ2n) is 6.73. The summed E-state index contributed by atoms with van der Waals surface area (Å²) in [7, 11) is 0. The third-order valence-electron chi connectivity index (χ3n) is 4.65. The van der Waals surface area contributed by atoms with Gasteiger partial charge in [-0.25, -0.2) is 0 Å². The lowest BCUT2D eigenvalue weighted by Crippen LogP contribution is -2.00. The van der Waals surface area contributed by atoms with Gasteiger partial charge in [-0.3, -0.25) is 9.59 Å². The van der Waals surface area contributed by atoms with E-state index in [0.717, 1.165) is 15.6 Å². The first-order valence-corrected chi connectivity index (χ1v) is 9.70. The van der Waals surface area contributed by atoms with Crippen LogP contribution in [0.25, 0.3) is 6.08 Å². The Balaban J connectivity index is 1.55. The number of ether oxygens (including phenoxy) is 1. The maximum absolute atomic E-state index is 12.5. The molecule has 0 spiro atoms. The van der Waals surface area contributed by atoms with E-state index in [1.165, 1.54) is 5.56 Å². The van der Waals surface area contributed by atoms with E-state index < -0.39 is 0 Å². The zero-order valence-electron chi connectivity index (χ0n) is 15.2. The van der Waals surface area contributed by atoms with Gasteiger partial charge in [0.25, 0.3) is 0 Å². The molecule has 0 saturated carbocycles. The smallest absolute Gasteiger partial charge is 0.197 e. The third-order valence-corrected chi connectivity index (χ3v) is 5.27. The topological polar surface area (TPSA) is 43.4 Å². The Labute approximate surface area is 171 Å². The average molecular weight is 433 g/mol. The molecule has 0 atom stereocenters. The second kappa shape index (κ2) is 7.56. The molecule has 0 N–H and O–H groups in total. The Kier molecular flexibility index (Phi) is 4.97. The molecule has 0 aliphatic heterocycles. The number of hydrogen-bond acceptors (Lipinski definition) is 3. The second-order valence-corrected chi connectivity index (χ2v) is 7.58. The summed E-state index contributed by atoms with van der Waals surface area (Å²) in [6, 6.07) is 20.6. The van der Waals surface area contributed by atoms with Crippen LogP contribution in [0.2, 0.25) is 0 Å². The van der Waals surface area contributed by atoms with Crippen LogP contribution in [0.3, 0.4) is 0 Å². The Morgan fingerprint density at radius 3 is 2.25 bits per heavy atom. The van der Waals surface area contributed by atoms with Gasteiger partial charge >= 0.3 is 0 Å². The fourth-order valence-corrected chi connectivity index (χ4v) is 3.77. The summed E-state index contributed by atoms with van der Waals surface area (Å²) in [5.74, 6) is 0.254. The summed E-state index contributed by atoms with van der Waals surface area (Å²) in [5.41, 5.74) is 4.18. The predicted molar refractivity (Wildman–Crippen MR) is 113 cm³/mol. The molecule has 28 heavy (non-hydrogen) atoms. The first-order valence-electron chi connectivity index (χ1n) is 8.91. The molecule has 3 nitrogen and oxygen atoms in total. The minimum Gasteiger partial charge on any atom is -0.488 e. The third kappa shape index (κ3) is 3.56. The molecule has 0 unspecified atom stereocenters. The van der Waals surface area contributed by atoms with E-state index in [4.69, 9.17) is 4.74 Å². The lowest BCUT2D eigenvalue weighted by Gasteiger charge is -2.09. The molecular formula is C24H17BrO3. The maximum atomic E-state index is 12.5. The lowest BCUT2D eigenvalue weighted by molar-refractivity contribution is 0.0990. The molecule has 0 saturated heterocycles. The van der Waals surface area contributed by atoms with Crippen LogP contribution in [0.5, 0.6) is 5.75 Å². The van der Waals surface area contributed by atoms with Crippen LogP contribution in [-0.2, 0) is 6.61 Å². The number of allylic oxidation sites excluding steroid dienone is 1. The number of halogens is 1. The lowest BCUT2D eigenvalue weighted by atomic mass is 10.1. The molecule has 0 radical (unpaired) electrons. The first kappa shape index (κ1) is 18.4. The molecule has 0 amide bonds. The van der Waals surface area contributed by atoms with Gasteiger partial charge in [-0.1, -0.05) is 60.2 Å². The highest BCUT2D eigenvalue weighted by Crippen LogP contribution is 2.31. The van der Waals surface area contributed by atoms with Crippen LogP contribution < -0.4 is 4.74 Å². The van der Waals surface area contributed by atoms with Gasteiger partial charge in [-0.05, 0) is 52.2 Å². The maximum Gasteiger partial charge on any atom is 0.197 e. The van der Waals surface area contributed by atoms with Crippen molar-refractivity contribution in [2.75, 3.05) is 0 Å². The van der Waals surface area contributed by atoms with Gasteiger partial charge in [0.2, 0.25) is 0 Å². The van der Waals surface area contributed by atoms with E-state index in [-0.39, 0.29) is 17.1 Å². The van der Waals surface area contributed by atoms with E-state index in [1.54, 1.807) is 30.3 Å². The van der Waals surface area contributed by atoms with E-state index in [9.17, 15) is 9.59 Å². The molecule has 4 heteroatoms. The van der Waals surface area contributed by atoms with Gasteiger partial charge in [-0.2, -0.15) is 0 Å². The van der Waals surface area contributed by atoms with Crippen molar-refractivity contribution in [3.63, 3.8) is 0 Å². The van der Waals surface area contributed by atoms with E-state index in [1.807, 2.05) is 43.3 Å². The van der Waals surface area contributed by atoms with E-state index in [0.29, 0.717) is 23.5 Å². The molecular weight excluding hydrogens is 416 g/mol. The summed E-state index contributed by atoms with van der Waals surface area (Å²) in [6.07, 6.45) is 1.64. The Hall–Kier alpha value is -2.98. The molecule has 3 aromatic carbocycles. The van der Waals surface area contributed by atoms with Crippen molar-refractivity contribution >= 4 is 33.6 Å². The number of Topliss-reactive ketones (excluding diaryl/α,β-unsaturated/α-hetero) is 2. The standard InChI is InChI=1S/C24H17BrO3/c1-15-5-4-6-17(11-15)14-28-22-10-9-16(13-21(22)25)12-20-23(26)18-7-2-3-8-19(18)24(20)27/h2-13H,14H2,1H3. The van der Waals surface area contributed by atoms with E-state index in [2.05, 4.69) is 22.0 Å². The minimum atomic E-state index is -0.225. The number of rotatable bonds is 4. The minimum absolute atomic E-state index is 0.196. The molecule has 3 aromatic rings. The number of ketones is 2. The van der Waals surface area contributed by atoms with Crippen LogP contribution >= 0.6 is 15.9 Å². The number of carbonyl (C=O) groups is 2. The number of benzene rings is 3. The fourth-order valence-electron chi connectivity index (χ4n) is 3.26. The van der Waals surface area contributed by atoms with Crippen LogP contribution in [0, 0.1) is 6.92 Å². The van der Waals surface area contributed by atoms with Crippen molar-refractivity contribution in [2.45, 2.75) is 13.5 Å². The monoisotopic (exact) mass is 432 g/mol. The highest BCUT2D eigenvalue weighted by molar-refractivity contribution is 9.10. The van der Waals surface area contributed by atoms with Gasteiger partial charge < -0.3 is 4.74 Å². The molecule has 1 aliphatic carbocycles. The van der Waals surface area contributed by atoms with Crippen molar-refractivity contribution in [1.82, 2.24) is 0 Å². The highest BCUT2D eigenvalue weighted by Gasteiger charge is 2.32. The highest BCUT2D eigenvalue weighted by atomic mass is 79.9. The summed E-state index contributed by atoms with van der Waals surface area (Å²) in [6.45, 7) is 2.51. The first-order chi connectivity index (χ1) is 13.5. The van der Waals surface area contributed by atoms with Crippen molar-refractivity contribution in [3.8, 4) is 5.75 Å². The van der Waals surface area contributed by atoms with E-state index >= 15 is 0 Å². The Morgan fingerprint density at radius 1 is 0.893 bits per heavy atom. The molecule has 0 heterocycles. The van der Waals surface area contributed by atoms with Crippen molar-refractivity contribution in [2.24, 2.45) is 0 Å². The summed E-state index contributed by atoms with van der Waals surface area (Å²) in [4.78, 5) is 25.0. The quantitative estimate of drug-likeness (QED) is 0.386. The van der Waals surface area contributed by atoms with Crippen LogP contribution in [0.1, 0.15) is 37.4 Å². The van der Waals surface area contributed by atoms with Gasteiger partial charge in [0.05, 0.1) is 10.0 Å². The van der Waals surface area contributed by atoms with Crippen LogP contribution in [0.4, 0.5) is 0 Å². The summed E-state index contributed by atoms with van der Waals surface area (Å²) >= 11 is 3.52. The van der Waals surface area contributed by atoms with Crippen LogP contribution in [0.15, 0.2) is 76.8 Å². The summed E-state index contributed by atoms with van der Waals surface area (Å²) < 4.78 is 6.66. The normalized spacial score (nSPS) is 12.9. The summed E-state index contributed by atoms with van der Waals surface area (Å²) in [5, 5.41) is 0. The molecule has 0 aromatic heterocycles. The Bertz CT molecular complexity index is 1090. The van der Waals surface area contributed by atoms with Crippen molar-refractivity contribution in [1.29, 1.82) is 0 Å². The Morgan fingerprint density at radius 2 is 1.61 bits per heavy atom. The fraction of sp³-hybridized carbons (Fsp3) is 0.0833. The zero-order chi connectivity index (χ0) is 19.7. The number of carbonyl (C=O) groups excluding carboxylic acids is 2. The number of hydrogen-bond donors (Lipinski definition) is 0. The van der Waals surface area contributed by atoms with Gasteiger partial charge in [-0.15, -0.1) is 0 Å². The van der Waals surface area contributed by atoms with Gasteiger partial charge in [0, 0.05) is 11.1 Å². The molecule has 4 rings (SSSR count). The zero-order valence-corrected chi connectivity index (χ0v) is 16.8. The molecule has 0 bridgehead atoms. The molecule has 0 fully saturated rings. The predicted octanol–water partition coefficient (Wildman–Crippen LogP) is 5.80. The average Bonchev–Trinajstić information content (AvgIpc) is 2.93.